The molecule has 0 aromatic carbocycles. The molecule has 4 nitrogen and oxygen atoms in total. The van der Waals surface area contributed by atoms with E-state index in [1.165, 1.54) is 24.4 Å². The van der Waals surface area contributed by atoms with Gasteiger partial charge in [0.1, 0.15) is 0 Å². The van der Waals surface area contributed by atoms with E-state index in [0.29, 0.717) is 12.2 Å². The quantitative estimate of drug-likeness (QED) is 0.624. The van der Waals surface area contributed by atoms with Gasteiger partial charge in [0.2, 0.25) is 0 Å². The average molecular weight is 179 g/mol. The van der Waals surface area contributed by atoms with Crippen molar-refractivity contribution >= 4 is 5.97 Å². The second kappa shape index (κ2) is 4.35. The average Bonchev–Trinajstić information content (AvgIpc) is 2.30. The minimum absolute atomic E-state index is 0.315. The van der Waals surface area contributed by atoms with Crippen LogP contribution in [0.1, 0.15) is 17.3 Å². The Morgan fingerprint density at radius 1 is 1.46 bits per heavy atom. The van der Waals surface area contributed by atoms with Crippen molar-refractivity contribution in [2.24, 2.45) is 0 Å². The third kappa shape index (κ3) is 2.66. The van der Waals surface area contributed by atoms with E-state index >= 15 is 0 Å². The maximum atomic E-state index is 11.1. The van der Waals surface area contributed by atoms with Crippen molar-refractivity contribution in [1.29, 1.82) is 0 Å². The van der Waals surface area contributed by atoms with Gasteiger partial charge in [-0.15, -0.1) is 0 Å². The summed E-state index contributed by atoms with van der Waals surface area (Å²) in [5, 5.41) is 0. The summed E-state index contributed by atoms with van der Waals surface area (Å²) in [5.74, 6) is -0.445. The molecular formula is C9H9NO3. The van der Waals surface area contributed by atoms with Crippen molar-refractivity contribution in [2.75, 3.05) is 6.61 Å². The van der Waals surface area contributed by atoms with Crippen LogP contribution < -0.4 is 5.56 Å². The summed E-state index contributed by atoms with van der Waals surface area (Å²) in [5.41, 5.74) is -0.0491. The van der Waals surface area contributed by atoms with Crippen LogP contribution in [0.4, 0.5) is 0 Å². The van der Waals surface area contributed by atoms with E-state index in [2.05, 4.69) is 4.98 Å². The Morgan fingerprint density at radius 2 is 2.23 bits per heavy atom. The Labute approximate surface area is 75.2 Å². The summed E-state index contributed by atoms with van der Waals surface area (Å²) >= 11 is 0. The first-order chi connectivity index (χ1) is 6.24. The van der Waals surface area contributed by atoms with Crippen LogP contribution in [-0.4, -0.2) is 17.6 Å². The molecule has 0 N–H and O–H groups in total. The van der Waals surface area contributed by atoms with Gasteiger partial charge >= 0.3 is 5.97 Å². The molecule has 0 aliphatic heterocycles. The topological polar surface area (TPSA) is 56.3 Å². The van der Waals surface area contributed by atoms with Gasteiger partial charge in [0.15, 0.2) is 0 Å². The fraction of sp³-hybridized carbons (Fsp3) is 0.222. The van der Waals surface area contributed by atoms with Crippen LogP contribution in [0.2, 0.25) is 0 Å². The SMILES string of the molecule is CCOC(=O)c1ccnc(=O)cc1. The number of nitrogens with zero attached hydrogens (tertiary/aromatic N) is 1. The van der Waals surface area contributed by atoms with Crippen LogP contribution in [0, 0.1) is 0 Å². The van der Waals surface area contributed by atoms with Gasteiger partial charge in [0.25, 0.3) is 5.56 Å². The molecule has 1 heterocycles. The molecule has 1 rings (SSSR count). The number of esters is 1. The van der Waals surface area contributed by atoms with E-state index in [9.17, 15) is 9.59 Å². The Kier molecular flexibility index (Phi) is 3.14. The molecule has 1 aromatic heterocycles. The lowest BCUT2D eigenvalue weighted by Gasteiger charge is -1.97. The van der Waals surface area contributed by atoms with Gasteiger partial charge in [0, 0.05) is 12.3 Å². The monoisotopic (exact) mass is 179 g/mol. The summed E-state index contributed by atoms with van der Waals surface area (Å²) in [6.45, 7) is 2.03. The lowest BCUT2D eigenvalue weighted by Crippen LogP contribution is -2.03. The molecule has 1 aromatic rings. The fourth-order valence-corrected chi connectivity index (χ4v) is 0.801. The molecule has 0 bridgehead atoms. The van der Waals surface area contributed by atoms with Crippen LogP contribution in [-0.2, 0) is 4.74 Å². The molecule has 0 atom stereocenters. The van der Waals surface area contributed by atoms with E-state index < -0.39 is 5.97 Å². The van der Waals surface area contributed by atoms with E-state index in [4.69, 9.17) is 4.74 Å². The number of carbonyl (C=O) groups excluding carboxylic acids is 1. The van der Waals surface area contributed by atoms with Gasteiger partial charge in [0.05, 0.1) is 12.2 Å². The standard InChI is InChI=1S/C9H9NO3/c1-2-13-9(12)7-3-4-8(11)10-6-5-7/h3-6H,2H2,1H3. The number of ether oxygens (including phenoxy) is 1. The van der Waals surface area contributed by atoms with Gasteiger partial charge < -0.3 is 4.74 Å². The van der Waals surface area contributed by atoms with Gasteiger partial charge in [-0.1, -0.05) is 0 Å². The molecular weight excluding hydrogens is 170 g/mol. The first-order valence-electron chi connectivity index (χ1n) is 3.87. The van der Waals surface area contributed by atoms with Crippen molar-refractivity contribution < 1.29 is 9.53 Å². The van der Waals surface area contributed by atoms with Crippen LogP contribution in [0.3, 0.4) is 0 Å². The van der Waals surface area contributed by atoms with Crippen LogP contribution >= 0.6 is 0 Å². The van der Waals surface area contributed by atoms with E-state index in [1.807, 2.05) is 0 Å². The molecule has 0 aliphatic rings. The minimum atomic E-state index is -0.445. The van der Waals surface area contributed by atoms with Crippen molar-refractivity contribution in [3.05, 3.63) is 40.3 Å². The molecule has 0 fully saturated rings. The van der Waals surface area contributed by atoms with E-state index in [-0.39, 0.29) is 5.56 Å². The normalized spacial score (nSPS) is 9.31. The zero-order valence-electron chi connectivity index (χ0n) is 7.19. The first-order valence-corrected chi connectivity index (χ1v) is 3.87. The molecule has 13 heavy (non-hydrogen) atoms. The Balaban J connectivity index is 2.97. The molecule has 0 amide bonds. The highest BCUT2D eigenvalue weighted by atomic mass is 16.5. The Hall–Kier alpha value is -1.71. The molecule has 0 unspecified atom stereocenters. The summed E-state index contributed by atoms with van der Waals surface area (Å²) in [7, 11) is 0. The summed E-state index contributed by atoms with van der Waals surface area (Å²) in [6.07, 6.45) is 1.29. The third-order valence-corrected chi connectivity index (χ3v) is 1.37. The summed E-state index contributed by atoms with van der Waals surface area (Å²) in [6, 6.07) is 4.07. The fourth-order valence-electron chi connectivity index (χ4n) is 0.801. The summed E-state index contributed by atoms with van der Waals surface area (Å²) < 4.78 is 4.74. The van der Waals surface area contributed by atoms with Crippen molar-refractivity contribution in [1.82, 2.24) is 4.98 Å². The maximum absolute atomic E-state index is 11.1. The van der Waals surface area contributed by atoms with Crippen molar-refractivity contribution in [2.45, 2.75) is 6.92 Å². The van der Waals surface area contributed by atoms with Crippen LogP contribution in [0.5, 0.6) is 0 Å². The highest BCUT2D eigenvalue weighted by Crippen LogP contribution is 1.96. The third-order valence-electron chi connectivity index (χ3n) is 1.37. The summed E-state index contributed by atoms with van der Waals surface area (Å²) in [4.78, 5) is 25.4. The van der Waals surface area contributed by atoms with Crippen molar-refractivity contribution in [3.8, 4) is 0 Å². The van der Waals surface area contributed by atoms with Gasteiger partial charge in [-0.25, -0.2) is 9.78 Å². The lowest BCUT2D eigenvalue weighted by molar-refractivity contribution is 0.0526. The lowest BCUT2D eigenvalue weighted by atomic mass is 10.3. The molecule has 0 spiro atoms. The number of aromatic nitrogens is 1. The number of carbonyl (C=O) groups is 1. The predicted octanol–water partition coefficient (Wildman–Crippen LogP) is 0.618. The molecule has 0 radical (unpaired) electrons. The van der Waals surface area contributed by atoms with Crippen LogP contribution in [0.25, 0.3) is 0 Å². The second-order valence-electron chi connectivity index (χ2n) is 2.29. The molecule has 4 heteroatoms. The molecule has 68 valence electrons. The van der Waals surface area contributed by atoms with Gasteiger partial charge in [-0.2, -0.15) is 0 Å². The molecule has 0 saturated carbocycles. The van der Waals surface area contributed by atoms with E-state index in [0.717, 1.165) is 0 Å². The second-order valence-corrected chi connectivity index (χ2v) is 2.29. The predicted molar refractivity (Wildman–Crippen MR) is 46.5 cm³/mol. The Morgan fingerprint density at radius 3 is 2.92 bits per heavy atom. The zero-order chi connectivity index (χ0) is 9.68. The largest absolute Gasteiger partial charge is 0.462 e. The zero-order valence-corrected chi connectivity index (χ0v) is 7.19. The Bertz CT molecular complexity index is 362. The smallest absolute Gasteiger partial charge is 0.338 e. The molecule has 0 aliphatic carbocycles. The van der Waals surface area contributed by atoms with Gasteiger partial charge in [-0.05, 0) is 19.1 Å². The highest BCUT2D eigenvalue weighted by molar-refractivity contribution is 5.89. The molecule has 0 saturated heterocycles. The van der Waals surface area contributed by atoms with Crippen LogP contribution in [0.15, 0.2) is 29.2 Å². The minimum Gasteiger partial charge on any atom is -0.462 e. The highest BCUT2D eigenvalue weighted by Gasteiger charge is 2.03. The van der Waals surface area contributed by atoms with Gasteiger partial charge in [-0.3, -0.25) is 4.79 Å². The van der Waals surface area contributed by atoms with Crippen molar-refractivity contribution in [3.63, 3.8) is 0 Å². The van der Waals surface area contributed by atoms with E-state index in [1.54, 1.807) is 6.92 Å². The first kappa shape index (κ1) is 9.38. The number of hydrogen-bond donors (Lipinski definition) is 0. The number of hydrogen-bond acceptors (Lipinski definition) is 4. The number of rotatable bonds is 2. The maximum Gasteiger partial charge on any atom is 0.338 e.